The minimum absolute atomic E-state index is 1.09. The van der Waals surface area contributed by atoms with Crippen LogP contribution in [0.3, 0.4) is 0 Å². The Morgan fingerprint density at radius 3 is 1.38 bits per heavy atom. The maximum Gasteiger partial charge on any atom is 0.185 e. The first-order valence-electron chi connectivity index (χ1n) is 7.64. The van der Waals surface area contributed by atoms with Gasteiger partial charge < -0.3 is 4.12 Å². The summed E-state index contributed by atoms with van der Waals surface area (Å²) in [5.74, 6) is 0. The summed E-state index contributed by atoms with van der Waals surface area (Å²) in [6.07, 6.45) is 0. The lowest BCUT2D eigenvalue weighted by Gasteiger charge is -2.35. The summed E-state index contributed by atoms with van der Waals surface area (Å²) < 4.78 is 6.71. The molecule has 1 nitrogen and oxygen atoms in total. The van der Waals surface area contributed by atoms with E-state index in [2.05, 4.69) is 86.9 Å². The van der Waals surface area contributed by atoms with E-state index >= 15 is 0 Å². The fourth-order valence-electron chi connectivity index (χ4n) is 2.93. The summed E-state index contributed by atoms with van der Waals surface area (Å²) in [7, 11) is -3.34. The molecule has 0 aromatic heterocycles. The molecule has 0 unspecified atom stereocenters. The van der Waals surface area contributed by atoms with Gasteiger partial charge in [-0.15, -0.1) is 0 Å². The van der Waals surface area contributed by atoms with Gasteiger partial charge in [0.1, 0.15) is 0 Å². The summed E-state index contributed by atoms with van der Waals surface area (Å²) in [6.45, 7) is 9.29. The van der Waals surface area contributed by atoms with Crippen LogP contribution in [0.25, 0.3) is 0 Å². The molecule has 112 valence electrons. The van der Waals surface area contributed by atoms with Crippen molar-refractivity contribution in [2.75, 3.05) is 0 Å². The first kappa shape index (κ1) is 16.2. The summed E-state index contributed by atoms with van der Waals surface area (Å²) in [4.78, 5) is 0. The lowest BCUT2D eigenvalue weighted by molar-refractivity contribution is 0.536. The fraction of sp³-hybridized carbons (Fsp3) is 0.333. The summed E-state index contributed by atoms with van der Waals surface area (Å²) >= 11 is 0. The summed E-state index contributed by atoms with van der Waals surface area (Å²) in [5, 5.41) is 0. The van der Waals surface area contributed by atoms with Crippen molar-refractivity contribution in [2.24, 2.45) is 0 Å². The van der Waals surface area contributed by atoms with E-state index in [1.165, 1.54) is 11.1 Å². The minimum atomic E-state index is -1.80. The average molecular weight is 315 g/mol. The molecule has 0 aliphatic carbocycles. The van der Waals surface area contributed by atoms with Gasteiger partial charge in [-0.05, 0) is 49.4 Å². The highest BCUT2D eigenvalue weighted by Gasteiger charge is 2.34. The minimum Gasteiger partial charge on any atom is -0.455 e. The zero-order chi connectivity index (χ0) is 15.3. The monoisotopic (exact) mass is 314 g/mol. The first-order chi connectivity index (χ1) is 9.86. The van der Waals surface area contributed by atoms with Crippen LogP contribution in [0.4, 0.5) is 0 Å². The predicted molar refractivity (Wildman–Crippen MR) is 96.3 cm³/mol. The summed E-state index contributed by atoms with van der Waals surface area (Å²) in [5.41, 5.74) is 2.81. The highest BCUT2D eigenvalue weighted by Crippen LogP contribution is 2.23. The van der Waals surface area contributed by atoms with Crippen molar-refractivity contribution in [3.05, 3.63) is 71.8 Å². The molecule has 0 radical (unpaired) electrons. The van der Waals surface area contributed by atoms with Crippen molar-refractivity contribution in [3.8, 4) is 0 Å². The Morgan fingerprint density at radius 1 is 0.667 bits per heavy atom. The first-order valence-corrected chi connectivity index (χ1v) is 13.9. The largest absolute Gasteiger partial charge is 0.455 e. The van der Waals surface area contributed by atoms with Crippen molar-refractivity contribution in [3.63, 3.8) is 0 Å². The van der Waals surface area contributed by atoms with Crippen molar-refractivity contribution in [1.29, 1.82) is 0 Å². The molecule has 0 amide bonds. The number of hydrogen-bond donors (Lipinski definition) is 0. The zero-order valence-electron chi connectivity index (χ0n) is 13.6. The predicted octanol–water partition coefficient (Wildman–Crippen LogP) is 4.98. The Labute approximate surface area is 131 Å². The number of benzene rings is 2. The van der Waals surface area contributed by atoms with Crippen molar-refractivity contribution >= 4 is 16.6 Å². The van der Waals surface area contributed by atoms with Crippen LogP contribution in [0.2, 0.25) is 26.2 Å². The van der Waals surface area contributed by atoms with Gasteiger partial charge in [0, 0.05) is 0 Å². The molecule has 0 aliphatic heterocycles. The van der Waals surface area contributed by atoms with Crippen molar-refractivity contribution < 1.29 is 4.12 Å². The molecule has 0 fully saturated rings. The molecule has 3 heteroatoms. The Balaban J connectivity index is 2.21. The van der Waals surface area contributed by atoms with E-state index < -0.39 is 16.6 Å². The molecule has 0 N–H and O–H groups in total. The average Bonchev–Trinajstić information content (AvgIpc) is 2.38. The molecular weight excluding hydrogens is 288 g/mol. The lowest BCUT2D eigenvalue weighted by atomic mass is 10.2. The van der Waals surface area contributed by atoms with E-state index in [1.54, 1.807) is 0 Å². The van der Waals surface area contributed by atoms with E-state index in [1.807, 2.05) is 0 Å². The van der Waals surface area contributed by atoms with Crippen LogP contribution >= 0.6 is 0 Å². The maximum atomic E-state index is 6.71. The Hall–Kier alpha value is -1.17. The smallest absolute Gasteiger partial charge is 0.185 e. The van der Waals surface area contributed by atoms with Crippen molar-refractivity contribution in [2.45, 2.75) is 38.3 Å². The van der Waals surface area contributed by atoms with Gasteiger partial charge in [0.05, 0.1) is 0 Å². The molecule has 2 aromatic rings. The van der Waals surface area contributed by atoms with Gasteiger partial charge >= 0.3 is 0 Å². The van der Waals surface area contributed by atoms with Crippen LogP contribution in [0.15, 0.2) is 60.7 Å². The van der Waals surface area contributed by atoms with Crippen LogP contribution in [0.5, 0.6) is 0 Å². The van der Waals surface area contributed by atoms with Crippen LogP contribution in [0.1, 0.15) is 11.1 Å². The Bertz CT molecular complexity index is 505. The van der Waals surface area contributed by atoms with Gasteiger partial charge in [0.2, 0.25) is 0 Å². The van der Waals surface area contributed by atoms with Gasteiger partial charge in [-0.25, -0.2) is 0 Å². The van der Waals surface area contributed by atoms with Crippen LogP contribution in [-0.2, 0) is 16.2 Å². The molecule has 2 aromatic carbocycles. The highest BCUT2D eigenvalue weighted by atomic mass is 28.4. The van der Waals surface area contributed by atoms with E-state index in [0.29, 0.717) is 0 Å². The molecule has 2 rings (SSSR count). The quantitative estimate of drug-likeness (QED) is 0.683. The van der Waals surface area contributed by atoms with Gasteiger partial charge in [0.15, 0.2) is 16.6 Å². The van der Waals surface area contributed by atoms with Gasteiger partial charge in [-0.2, -0.15) is 0 Å². The molecule has 0 saturated carbocycles. The summed E-state index contributed by atoms with van der Waals surface area (Å²) in [6, 6.07) is 23.8. The molecule has 0 atom stereocenters. The SMILES string of the molecule is C[Si](C)(C)O[Si](C)(Cc1ccccc1)Cc1ccccc1. The number of rotatable bonds is 6. The topological polar surface area (TPSA) is 9.23 Å². The lowest BCUT2D eigenvalue weighted by Crippen LogP contribution is -2.48. The molecule has 0 heterocycles. The van der Waals surface area contributed by atoms with Crippen LogP contribution < -0.4 is 0 Å². The van der Waals surface area contributed by atoms with E-state index in [9.17, 15) is 0 Å². The van der Waals surface area contributed by atoms with E-state index in [0.717, 1.165) is 12.1 Å². The molecule has 0 aliphatic rings. The zero-order valence-corrected chi connectivity index (χ0v) is 15.6. The second-order valence-electron chi connectivity index (χ2n) is 6.99. The fourth-order valence-corrected chi connectivity index (χ4v) is 11.7. The van der Waals surface area contributed by atoms with Gasteiger partial charge in [-0.3, -0.25) is 0 Å². The standard InChI is InChI=1S/C18H26OSi2/c1-20(2,3)19-21(4,15-17-11-7-5-8-12-17)16-18-13-9-6-10-14-18/h5-14H,15-16H2,1-4H3. The van der Waals surface area contributed by atoms with E-state index in [4.69, 9.17) is 4.12 Å². The Kier molecular flexibility index (Phi) is 5.19. The van der Waals surface area contributed by atoms with Crippen LogP contribution in [0, 0.1) is 0 Å². The van der Waals surface area contributed by atoms with Crippen LogP contribution in [-0.4, -0.2) is 16.6 Å². The third kappa shape index (κ3) is 5.61. The molecule has 0 spiro atoms. The normalized spacial score (nSPS) is 12.4. The Morgan fingerprint density at radius 2 is 1.05 bits per heavy atom. The molecular formula is C18H26OSi2. The molecule has 21 heavy (non-hydrogen) atoms. The van der Waals surface area contributed by atoms with E-state index in [-0.39, 0.29) is 0 Å². The second kappa shape index (κ2) is 6.73. The van der Waals surface area contributed by atoms with Gasteiger partial charge in [-0.1, -0.05) is 60.7 Å². The molecule has 0 saturated heterocycles. The highest BCUT2D eigenvalue weighted by molar-refractivity contribution is 6.84. The van der Waals surface area contributed by atoms with Gasteiger partial charge in [0.25, 0.3) is 0 Å². The molecule has 0 bridgehead atoms. The number of hydrogen-bond acceptors (Lipinski definition) is 1. The second-order valence-corrected chi connectivity index (χ2v) is 15.6. The maximum absolute atomic E-state index is 6.71. The third-order valence-corrected chi connectivity index (χ3v) is 10.1. The third-order valence-electron chi connectivity index (χ3n) is 3.39. The van der Waals surface area contributed by atoms with Crippen molar-refractivity contribution in [1.82, 2.24) is 0 Å².